The first-order valence-electron chi connectivity index (χ1n) is 13.0. The van der Waals surface area contributed by atoms with Crippen molar-refractivity contribution in [3.63, 3.8) is 0 Å². The number of ether oxygens (including phenoxy) is 2. The Hall–Kier alpha value is -4.71. The monoisotopic (exact) mass is 543 g/mol. The average molecular weight is 544 g/mol. The molecule has 2 amide bonds. The Labute approximate surface area is 232 Å². The van der Waals surface area contributed by atoms with Gasteiger partial charge in [0.15, 0.2) is 0 Å². The minimum absolute atomic E-state index is 0.0158. The second-order valence-corrected chi connectivity index (χ2v) is 9.77. The van der Waals surface area contributed by atoms with Crippen LogP contribution in [0.25, 0.3) is 0 Å². The molecule has 9 heteroatoms. The van der Waals surface area contributed by atoms with E-state index >= 15 is 0 Å². The van der Waals surface area contributed by atoms with Gasteiger partial charge in [0, 0.05) is 18.5 Å². The van der Waals surface area contributed by atoms with Crippen LogP contribution in [-0.4, -0.2) is 31.3 Å². The summed E-state index contributed by atoms with van der Waals surface area (Å²) < 4.78 is 25.0. The molecule has 0 saturated heterocycles. The number of aldehydes is 1. The first kappa shape index (κ1) is 28.3. The molecule has 1 aliphatic carbocycles. The smallest absolute Gasteiger partial charge is 0.259 e. The van der Waals surface area contributed by atoms with Gasteiger partial charge in [-0.1, -0.05) is 18.2 Å². The zero-order valence-corrected chi connectivity index (χ0v) is 22.3. The Morgan fingerprint density at radius 1 is 1.02 bits per heavy atom. The maximum Gasteiger partial charge on any atom is 0.259 e. The van der Waals surface area contributed by atoms with Gasteiger partial charge in [-0.05, 0) is 74.1 Å². The van der Waals surface area contributed by atoms with E-state index in [1.807, 2.05) is 6.92 Å². The first-order valence-corrected chi connectivity index (χ1v) is 13.0. The van der Waals surface area contributed by atoms with Crippen molar-refractivity contribution in [2.24, 2.45) is 5.92 Å². The molecule has 2 N–H and O–H groups in total. The molecule has 1 aliphatic rings. The van der Waals surface area contributed by atoms with E-state index in [2.05, 4.69) is 16.7 Å². The fourth-order valence-electron chi connectivity index (χ4n) is 4.69. The number of hydrogen-bond donors (Lipinski definition) is 2. The van der Waals surface area contributed by atoms with Crippen LogP contribution in [0.1, 0.15) is 63.1 Å². The first-order chi connectivity index (χ1) is 19.3. The lowest BCUT2D eigenvalue weighted by Gasteiger charge is -2.27. The van der Waals surface area contributed by atoms with Gasteiger partial charge in [-0.15, -0.1) is 0 Å². The van der Waals surface area contributed by atoms with Crippen LogP contribution in [0.2, 0.25) is 0 Å². The Morgan fingerprint density at radius 3 is 2.48 bits per heavy atom. The molecule has 0 radical (unpaired) electrons. The average Bonchev–Trinajstić information content (AvgIpc) is 2.96. The van der Waals surface area contributed by atoms with Crippen molar-refractivity contribution in [3.05, 3.63) is 88.2 Å². The lowest BCUT2D eigenvalue weighted by atomic mass is 9.88. The van der Waals surface area contributed by atoms with Crippen molar-refractivity contribution >= 4 is 23.8 Å². The molecule has 1 saturated carbocycles. The topological polar surface area (TPSA) is 118 Å². The van der Waals surface area contributed by atoms with Gasteiger partial charge in [0.2, 0.25) is 0 Å². The lowest BCUT2D eigenvalue weighted by molar-refractivity contribution is -0.112. The third-order valence-corrected chi connectivity index (χ3v) is 6.88. The molecule has 0 aromatic heterocycles. The van der Waals surface area contributed by atoms with Gasteiger partial charge >= 0.3 is 0 Å². The minimum Gasteiger partial charge on any atom is -0.496 e. The van der Waals surface area contributed by atoms with Crippen molar-refractivity contribution < 1.29 is 28.2 Å². The van der Waals surface area contributed by atoms with Crippen LogP contribution in [0.15, 0.2) is 54.6 Å². The SMILES string of the molecule is COc1cc(C#N)c(OC2CCC(C=O)CC2)cc1C(=O)Nc1cc(C)ccc1C(=O)NCc1cccc(F)c1. The Morgan fingerprint density at radius 2 is 1.80 bits per heavy atom. The summed E-state index contributed by atoms with van der Waals surface area (Å²) in [7, 11) is 1.40. The van der Waals surface area contributed by atoms with Gasteiger partial charge in [0.05, 0.1) is 35.6 Å². The predicted molar refractivity (Wildman–Crippen MR) is 147 cm³/mol. The highest BCUT2D eigenvalue weighted by atomic mass is 19.1. The van der Waals surface area contributed by atoms with E-state index in [1.54, 1.807) is 30.3 Å². The Kier molecular flexibility index (Phi) is 9.12. The minimum atomic E-state index is -0.555. The van der Waals surface area contributed by atoms with E-state index in [4.69, 9.17) is 9.47 Å². The molecule has 0 atom stereocenters. The van der Waals surface area contributed by atoms with Gasteiger partial charge in [-0.2, -0.15) is 5.26 Å². The highest BCUT2D eigenvalue weighted by Crippen LogP contribution is 2.33. The third-order valence-electron chi connectivity index (χ3n) is 6.88. The highest BCUT2D eigenvalue weighted by molar-refractivity contribution is 6.10. The number of hydrogen-bond acceptors (Lipinski definition) is 6. The van der Waals surface area contributed by atoms with E-state index in [9.17, 15) is 24.0 Å². The van der Waals surface area contributed by atoms with Gasteiger partial charge < -0.3 is 24.9 Å². The van der Waals surface area contributed by atoms with Crippen LogP contribution in [-0.2, 0) is 11.3 Å². The molecule has 206 valence electrons. The number of benzene rings is 3. The largest absolute Gasteiger partial charge is 0.496 e. The molecule has 0 unspecified atom stereocenters. The van der Waals surface area contributed by atoms with Crippen molar-refractivity contribution in [2.75, 3.05) is 12.4 Å². The Balaban J connectivity index is 1.56. The fraction of sp³-hybridized carbons (Fsp3) is 0.290. The number of halogens is 1. The zero-order valence-electron chi connectivity index (χ0n) is 22.3. The second-order valence-electron chi connectivity index (χ2n) is 9.77. The van der Waals surface area contributed by atoms with Gasteiger partial charge in [-0.25, -0.2) is 4.39 Å². The van der Waals surface area contributed by atoms with Gasteiger partial charge in [0.25, 0.3) is 11.8 Å². The number of nitrogens with one attached hydrogen (secondary N) is 2. The fourth-order valence-corrected chi connectivity index (χ4v) is 4.69. The number of anilines is 1. The number of carbonyl (C=O) groups is 3. The molecule has 0 spiro atoms. The van der Waals surface area contributed by atoms with Crippen molar-refractivity contribution in [1.29, 1.82) is 5.26 Å². The number of nitrogens with zero attached hydrogens (tertiary/aromatic N) is 1. The summed E-state index contributed by atoms with van der Waals surface area (Å²) in [5, 5.41) is 15.2. The van der Waals surface area contributed by atoms with Crippen LogP contribution in [0.4, 0.5) is 10.1 Å². The Bertz CT molecular complexity index is 1460. The van der Waals surface area contributed by atoms with Crippen molar-refractivity contribution in [1.82, 2.24) is 5.32 Å². The number of rotatable bonds is 9. The maximum atomic E-state index is 13.5. The third kappa shape index (κ3) is 6.83. The molecule has 0 heterocycles. The normalized spacial score (nSPS) is 16.4. The predicted octanol–water partition coefficient (Wildman–Crippen LogP) is 5.33. The molecule has 0 aliphatic heterocycles. The van der Waals surface area contributed by atoms with Gasteiger partial charge in [0.1, 0.15) is 29.7 Å². The van der Waals surface area contributed by atoms with Crippen molar-refractivity contribution in [3.8, 4) is 17.6 Å². The second kappa shape index (κ2) is 12.9. The lowest BCUT2D eigenvalue weighted by Crippen LogP contribution is -2.26. The number of methoxy groups -OCH3 is 1. The quantitative estimate of drug-likeness (QED) is 0.352. The molecule has 4 rings (SSSR count). The van der Waals surface area contributed by atoms with E-state index in [-0.39, 0.29) is 52.4 Å². The van der Waals surface area contributed by atoms with Gasteiger partial charge in [-0.3, -0.25) is 9.59 Å². The summed E-state index contributed by atoms with van der Waals surface area (Å²) in [6.07, 6.45) is 3.53. The van der Waals surface area contributed by atoms with Crippen LogP contribution >= 0.6 is 0 Å². The van der Waals surface area contributed by atoms with Crippen LogP contribution in [0.3, 0.4) is 0 Å². The van der Waals surface area contributed by atoms with E-state index in [0.717, 1.165) is 11.8 Å². The number of aryl methyl sites for hydroxylation is 1. The molecular formula is C31H30FN3O5. The molecule has 3 aromatic rings. The van der Waals surface area contributed by atoms with Crippen molar-refractivity contribution in [2.45, 2.75) is 45.3 Å². The summed E-state index contributed by atoms with van der Waals surface area (Å²) in [5.41, 5.74) is 2.28. The summed E-state index contributed by atoms with van der Waals surface area (Å²) in [5.74, 6) is -0.955. The highest BCUT2D eigenvalue weighted by Gasteiger charge is 2.25. The summed E-state index contributed by atoms with van der Waals surface area (Å²) >= 11 is 0. The van der Waals surface area contributed by atoms with E-state index in [0.29, 0.717) is 31.2 Å². The summed E-state index contributed by atoms with van der Waals surface area (Å²) in [6, 6.07) is 16.0. The standard InChI is InChI=1S/C31H30FN3O5/c1-19-6-11-25(30(37)34-17-21-4-3-5-23(32)13-21)27(12-19)35-31(38)26-15-28(22(16-33)14-29(26)39-2)40-24-9-7-20(18-36)8-10-24/h3-6,11-15,18,20,24H,7-10,17H2,1-2H3,(H,34,37)(H,35,38). The summed E-state index contributed by atoms with van der Waals surface area (Å²) in [6.45, 7) is 1.94. The summed E-state index contributed by atoms with van der Waals surface area (Å²) in [4.78, 5) is 37.6. The number of carbonyl (C=O) groups excluding carboxylic acids is 3. The molecule has 40 heavy (non-hydrogen) atoms. The van der Waals surface area contributed by atoms with Crippen LogP contribution in [0.5, 0.6) is 11.5 Å². The van der Waals surface area contributed by atoms with E-state index < -0.39 is 17.6 Å². The zero-order chi connectivity index (χ0) is 28.6. The maximum absolute atomic E-state index is 13.5. The van der Waals surface area contributed by atoms with E-state index in [1.165, 1.54) is 31.4 Å². The molecular weight excluding hydrogens is 513 g/mol. The molecule has 0 bridgehead atoms. The molecule has 8 nitrogen and oxygen atoms in total. The molecule has 3 aromatic carbocycles. The molecule has 1 fully saturated rings. The number of amides is 2. The van der Waals surface area contributed by atoms with Crippen LogP contribution in [0, 0.1) is 30.0 Å². The van der Waals surface area contributed by atoms with Crippen LogP contribution < -0.4 is 20.1 Å². The number of nitriles is 1.